The van der Waals surface area contributed by atoms with Gasteiger partial charge < -0.3 is 19.7 Å². The molecular weight excluding hydrogens is 444 g/mol. The second-order valence-electron chi connectivity index (χ2n) is 8.87. The number of nitrogens with one attached hydrogen (secondary N) is 1. The molecule has 1 aliphatic carbocycles. The van der Waals surface area contributed by atoms with Crippen LogP contribution in [0.15, 0.2) is 67.1 Å². The summed E-state index contributed by atoms with van der Waals surface area (Å²) < 4.78 is 11.0. The highest BCUT2D eigenvalue weighted by Crippen LogP contribution is 2.34. The van der Waals surface area contributed by atoms with Crippen molar-refractivity contribution in [1.29, 1.82) is 0 Å². The molecule has 1 saturated carbocycles. The van der Waals surface area contributed by atoms with E-state index in [-0.39, 0.29) is 36.9 Å². The minimum absolute atomic E-state index is 0.112. The standard InChI is InChI=1S/C27H28N4O4/c32-26(30-21-9-5-2-6-10-21)25(20-7-3-1-4-8-20)31(27(33)22-16-28-13-14-29-22)17-19-11-12-23-24(15-19)35-18-34-23/h1,3-4,7-8,11-16,21,25H,2,5-6,9-10,17-18H2,(H,30,32)/t25-/m1/s1. The summed E-state index contributed by atoms with van der Waals surface area (Å²) in [5, 5.41) is 3.22. The van der Waals surface area contributed by atoms with E-state index in [4.69, 9.17) is 9.47 Å². The van der Waals surface area contributed by atoms with E-state index >= 15 is 0 Å². The molecule has 0 unspecified atom stereocenters. The molecule has 35 heavy (non-hydrogen) atoms. The van der Waals surface area contributed by atoms with Gasteiger partial charge in [0.05, 0.1) is 6.20 Å². The lowest BCUT2D eigenvalue weighted by molar-refractivity contribution is -0.127. The molecule has 1 atom stereocenters. The van der Waals surface area contributed by atoms with E-state index in [2.05, 4.69) is 15.3 Å². The third-order valence-electron chi connectivity index (χ3n) is 6.46. The SMILES string of the molecule is O=C(NC1CCCCC1)[C@@H](c1ccccc1)N(Cc1ccc2c(c1)OCO2)C(=O)c1cnccn1. The van der Waals surface area contributed by atoms with E-state index in [1.165, 1.54) is 25.0 Å². The Morgan fingerprint density at radius 1 is 1.00 bits per heavy atom. The molecule has 2 aromatic carbocycles. The number of fused-ring (bicyclic) bond motifs is 1. The van der Waals surface area contributed by atoms with Gasteiger partial charge in [-0.05, 0) is 36.1 Å². The number of amides is 2. The van der Waals surface area contributed by atoms with Crippen LogP contribution in [0.25, 0.3) is 0 Å². The van der Waals surface area contributed by atoms with Crippen LogP contribution in [0.4, 0.5) is 0 Å². The van der Waals surface area contributed by atoms with Gasteiger partial charge in [-0.3, -0.25) is 14.6 Å². The van der Waals surface area contributed by atoms with Gasteiger partial charge in [-0.15, -0.1) is 0 Å². The Balaban J connectivity index is 1.52. The number of ether oxygens (including phenoxy) is 2. The molecule has 3 aromatic rings. The van der Waals surface area contributed by atoms with Crippen LogP contribution in [-0.2, 0) is 11.3 Å². The van der Waals surface area contributed by atoms with Crippen LogP contribution >= 0.6 is 0 Å². The molecule has 1 fully saturated rings. The molecule has 0 saturated heterocycles. The predicted octanol–water partition coefficient (Wildman–Crippen LogP) is 4.04. The highest BCUT2D eigenvalue weighted by Gasteiger charge is 2.34. The number of aromatic nitrogens is 2. The van der Waals surface area contributed by atoms with Crippen LogP contribution in [0, 0.1) is 0 Å². The van der Waals surface area contributed by atoms with E-state index in [9.17, 15) is 9.59 Å². The average molecular weight is 473 g/mol. The smallest absolute Gasteiger partial charge is 0.275 e. The number of nitrogens with zero attached hydrogens (tertiary/aromatic N) is 3. The fourth-order valence-corrected chi connectivity index (χ4v) is 4.71. The molecule has 2 amide bonds. The third kappa shape index (κ3) is 5.26. The number of rotatable bonds is 7. The minimum Gasteiger partial charge on any atom is -0.454 e. The second kappa shape index (κ2) is 10.5. The summed E-state index contributed by atoms with van der Waals surface area (Å²) in [6, 6.07) is 14.2. The van der Waals surface area contributed by atoms with Crippen molar-refractivity contribution in [2.45, 2.75) is 50.7 Å². The van der Waals surface area contributed by atoms with E-state index in [0.717, 1.165) is 36.8 Å². The molecule has 5 rings (SSSR count). The maximum atomic E-state index is 13.8. The van der Waals surface area contributed by atoms with Gasteiger partial charge in [0.15, 0.2) is 11.5 Å². The maximum Gasteiger partial charge on any atom is 0.275 e. The van der Waals surface area contributed by atoms with Crippen molar-refractivity contribution in [2.24, 2.45) is 0 Å². The number of hydrogen-bond donors (Lipinski definition) is 1. The molecule has 180 valence electrons. The summed E-state index contributed by atoms with van der Waals surface area (Å²) in [5.41, 5.74) is 1.73. The normalized spacial score (nSPS) is 15.9. The van der Waals surface area contributed by atoms with Crippen LogP contribution in [0.1, 0.15) is 59.8 Å². The first-order valence-electron chi connectivity index (χ1n) is 12.0. The molecule has 2 aliphatic rings. The molecular formula is C27H28N4O4. The highest BCUT2D eigenvalue weighted by atomic mass is 16.7. The second-order valence-corrected chi connectivity index (χ2v) is 8.87. The van der Waals surface area contributed by atoms with Crippen LogP contribution in [0.3, 0.4) is 0 Å². The predicted molar refractivity (Wildman–Crippen MR) is 129 cm³/mol. The van der Waals surface area contributed by atoms with Crippen molar-refractivity contribution in [2.75, 3.05) is 6.79 Å². The highest BCUT2D eigenvalue weighted by molar-refractivity contribution is 5.96. The van der Waals surface area contributed by atoms with Crippen molar-refractivity contribution < 1.29 is 19.1 Å². The van der Waals surface area contributed by atoms with E-state index in [0.29, 0.717) is 11.5 Å². The number of carbonyl (C=O) groups excluding carboxylic acids is 2. The van der Waals surface area contributed by atoms with Crippen molar-refractivity contribution in [1.82, 2.24) is 20.2 Å². The summed E-state index contributed by atoms with van der Waals surface area (Å²) in [6.07, 6.45) is 9.71. The summed E-state index contributed by atoms with van der Waals surface area (Å²) in [7, 11) is 0. The van der Waals surface area contributed by atoms with Gasteiger partial charge in [0.2, 0.25) is 12.7 Å². The molecule has 0 radical (unpaired) electrons. The molecule has 1 aliphatic heterocycles. The van der Waals surface area contributed by atoms with Gasteiger partial charge in [0, 0.05) is 25.0 Å². The zero-order chi connectivity index (χ0) is 24.0. The fraction of sp³-hybridized carbons (Fsp3) is 0.333. The van der Waals surface area contributed by atoms with Gasteiger partial charge in [0.25, 0.3) is 5.91 Å². The molecule has 0 bridgehead atoms. The maximum absolute atomic E-state index is 13.8. The van der Waals surface area contributed by atoms with Crippen LogP contribution in [0.2, 0.25) is 0 Å². The first-order chi connectivity index (χ1) is 17.2. The largest absolute Gasteiger partial charge is 0.454 e. The molecule has 1 N–H and O–H groups in total. The quantitative estimate of drug-likeness (QED) is 0.558. The Hall–Kier alpha value is -3.94. The van der Waals surface area contributed by atoms with Gasteiger partial charge >= 0.3 is 0 Å². The summed E-state index contributed by atoms with van der Waals surface area (Å²) in [5.74, 6) is 0.719. The van der Waals surface area contributed by atoms with Crippen LogP contribution in [-0.4, -0.2) is 39.5 Å². The molecule has 1 aromatic heterocycles. The monoisotopic (exact) mass is 472 g/mol. The van der Waals surface area contributed by atoms with Gasteiger partial charge in [-0.2, -0.15) is 0 Å². The minimum atomic E-state index is -0.835. The van der Waals surface area contributed by atoms with Crippen molar-refractivity contribution in [3.05, 3.63) is 83.9 Å². The Labute approximate surface area is 204 Å². The Kier molecular flexibility index (Phi) is 6.88. The van der Waals surface area contributed by atoms with Gasteiger partial charge in [0.1, 0.15) is 11.7 Å². The first kappa shape index (κ1) is 22.8. The molecule has 0 spiro atoms. The van der Waals surface area contributed by atoms with E-state index < -0.39 is 6.04 Å². The number of benzene rings is 2. The van der Waals surface area contributed by atoms with E-state index in [1.807, 2.05) is 48.5 Å². The van der Waals surface area contributed by atoms with Gasteiger partial charge in [-0.1, -0.05) is 55.7 Å². The van der Waals surface area contributed by atoms with Gasteiger partial charge in [-0.25, -0.2) is 4.98 Å². The lowest BCUT2D eigenvalue weighted by atomic mass is 9.94. The topological polar surface area (TPSA) is 93.7 Å². The van der Waals surface area contributed by atoms with Crippen molar-refractivity contribution in [3.8, 4) is 11.5 Å². The number of carbonyl (C=O) groups is 2. The Morgan fingerprint density at radius 3 is 2.57 bits per heavy atom. The van der Waals surface area contributed by atoms with Crippen molar-refractivity contribution >= 4 is 11.8 Å². The fourth-order valence-electron chi connectivity index (χ4n) is 4.71. The van der Waals surface area contributed by atoms with Crippen LogP contribution in [0.5, 0.6) is 11.5 Å². The zero-order valence-electron chi connectivity index (χ0n) is 19.4. The Morgan fingerprint density at radius 2 is 1.80 bits per heavy atom. The zero-order valence-corrected chi connectivity index (χ0v) is 19.4. The van der Waals surface area contributed by atoms with Crippen molar-refractivity contribution in [3.63, 3.8) is 0 Å². The number of hydrogen-bond acceptors (Lipinski definition) is 6. The van der Waals surface area contributed by atoms with Crippen LogP contribution < -0.4 is 14.8 Å². The summed E-state index contributed by atoms with van der Waals surface area (Å²) in [6.45, 7) is 0.348. The lowest BCUT2D eigenvalue weighted by Crippen LogP contribution is -2.47. The lowest BCUT2D eigenvalue weighted by Gasteiger charge is -2.33. The molecule has 8 heteroatoms. The average Bonchev–Trinajstić information content (AvgIpc) is 3.38. The first-order valence-corrected chi connectivity index (χ1v) is 12.0. The summed E-state index contributed by atoms with van der Waals surface area (Å²) >= 11 is 0. The van der Waals surface area contributed by atoms with E-state index in [1.54, 1.807) is 4.90 Å². The molecule has 8 nitrogen and oxygen atoms in total. The summed E-state index contributed by atoms with van der Waals surface area (Å²) in [4.78, 5) is 37.4. The third-order valence-corrected chi connectivity index (χ3v) is 6.46. The Bertz CT molecular complexity index is 1170. The molecule has 2 heterocycles.